The number of fused-ring (bicyclic) bond motifs is 1. The quantitative estimate of drug-likeness (QED) is 0.189. The smallest absolute Gasteiger partial charge is 0.373 e. The number of rotatable bonds is 2. The molecular weight excluding hydrogens is 532 g/mol. The first-order chi connectivity index (χ1) is 19.0. The maximum absolute atomic E-state index is 14.0. The van der Waals surface area contributed by atoms with E-state index in [9.17, 15) is 34.5 Å². The number of ketones is 2. The Kier molecular flexibility index (Phi) is 9.25. The Labute approximate surface area is 238 Å². The van der Waals surface area contributed by atoms with E-state index >= 15 is 0 Å². The topological polar surface area (TPSA) is 138 Å². The van der Waals surface area contributed by atoms with Crippen molar-refractivity contribution in [3.63, 3.8) is 0 Å². The normalized spacial score (nSPS) is 39.5. The van der Waals surface area contributed by atoms with Gasteiger partial charge < -0.3 is 20.1 Å². The summed E-state index contributed by atoms with van der Waals surface area (Å²) in [5.41, 5.74) is -0.648. The Bertz CT molecular complexity index is 1210. The SMILES string of the molecule is CC1=C[C@@H]2C/C=C\C=C/C[C@H](O)C/C=C\C[C@H](C)[C@@H]3[C@H](CS[C@H]3C(=O)C(=O)O)C(=O)C3=C(O)[C@]2(C[C@@H]1C)OC3=O. The van der Waals surface area contributed by atoms with Gasteiger partial charge in [0.1, 0.15) is 5.57 Å². The van der Waals surface area contributed by atoms with Gasteiger partial charge in [0, 0.05) is 24.0 Å². The monoisotopic (exact) mass is 570 g/mol. The number of aliphatic carboxylic acids is 1. The van der Waals surface area contributed by atoms with Crippen LogP contribution in [0.1, 0.15) is 52.9 Å². The minimum absolute atomic E-state index is 0.00628. The van der Waals surface area contributed by atoms with Crippen molar-refractivity contribution in [2.24, 2.45) is 29.6 Å². The highest BCUT2D eigenvalue weighted by atomic mass is 32.2. The molecule has 2 heterocycles. The number of carbonyl (C=O) groups excluding carboxylic acids is 3. The standard InChI is InChI=1S/C31H38O8S/c1-17-10-8-9-13-21(32)12-7-5-4-6-11-20-14-18(2)19(3)15-31(20)28(35)24(30(38)39-31)25(33)22-16-40-27(23(17)22)26(34)29(36)37/h4-9,14,17,19-23,27,32,35H,10-13,15-16H2,1-3H3,(H,36,37)/b6-4-,7-5-,9-8-/t17-,19-,20-,21-,22-,23+,27+,31+/m0/s1. The number of esters is 1. The zero-order chi connectivity index (χ0) is 29.2. The van der Waals surface area contributed by atoms with E-state index in [1.807, 2.05) is 63.3 Å². The third-order valence-corrected chi connectivity index (χ3v) is 10.2. The van der Waals surface area contributed by atoms with Crippen LogP contribution in [0.3, 0.4) is 0 Å². The number of carboxylic acid groups (broad SMARTS) is 1. The van der Waals surface area contributed by atoms with Gasteiger partial charge in [0.05, 0.1) is 11.4 Å². The summed E-state index contributed by atoms with van der Waals surface area (Å²) in [5, 5.41) is 30.4. The van der Waals surface area contributed by atoms with Crippen LogP contribution in [0, 0.1) is 29.6 Å². The lowest BCUT2D eigenvalue weighted by atomic mass is 9.69. The number of thioether (sulfide) groups is 1. The van der Waals surface area contributed by atoms with Crippen LogP contribution in [0.25, 0.3) is 0 Å². The van der Waals surface area contributed by atoms with E-state index in [1.165, 1.54) is 0 Å². The highest BCUT2D eigenvalue weighted by molar-refractivity contribution is 8.01. The molecule has 0 aromatic rings. The fourth-order valence-electron chi connectivity index (χ4n) is 6.40. The van der Waals surface area contributed by atoms with Gasteiger partial charge in [-0.05, 0) is 50.4 Å². The molecule has 40 heavy (non-hydrogen) atoms. The largest absolute Gasteiger partial charge is 0.507 e. The number of aliphatic hydroxyl groups is 2. The van der Waals surface area contributed by atoms with Gasteiger partial charge in [0.2, 0.25) is 0 Å². The molecule has 1 saturated heterocycles. The van der Waals surface area contributed by atoms with Crippen molar-refractivity contribution in [3.8, 4) is 0 Å². The average molecular weight is 571 g/mol. The Morgan fingerprint density at radius 1 is 1.02 bits per heavy atom. The van der Waals surface area contributed by atoms with E-state index < -0.39 is 58.2 Å². The van der Waals surface area contributed by atoms with Crippen LogP contribution >= 0.6 is 11.8 Å². The second kappa shape index (κ2) is 12.3. The van der Waals surface area contributed by atoms with Crippen molar-refractivity contribution in [2.75, 3.05) is 5.75 Å². The molecule has 9 heteroatoms. The van der Waals surface area contributed by atoms with E-state index in [0.29, 0.717) is 32.1 Å². The summed E-state index contributed by atoms with van der Waals surface area (Å²) in [4.78, 5) is 51.6. The molecule has 2 aliphatic carbocycles. The maximum atomic E-state index is 14.0. The van der Waals surface area contributed by atoms with Crippen LogP contribution < -0.4 is 0 Å². The van der Waals surface area contributed by atoms with E-state index in [4.69, 9.17) is 4.74 Å². The number of hydrogen-bond donors (Lipinski definition) is 3. The Balaban J connectivity index is 1.79. The first kappa shape index (κ1) is 30.1. The molecule has 216 valence electrons. The molecule has 1 spiro atoms. The summed E-state index contributed by atoms with van der Waals surface area (Å²) in [6, 6.07) is 0. The van der Waals surface area contributed by atoms with Gasteiger partial charge in [-0.3, -0.25) is 9.59 Å². The molecule has 4 aliphatic rings. The van der Waals surface area contributed by atoms with Crippen molar-refractivity contribution >= 4 is 35.3 Å². The van der Waals surface area contributed by atoms with Crippen molar-refractivity contribution < 1.29 is 39.2 Å². The van der Waals surface area contributed by atoms with Crippen LogP contribution in [0.15, 0.2) is 59.4 Å². The first-order valence-corrected chi connectivity index (χ1v) is 15.0. The van der Waals surface area contributed by atoms with Crippen molar-refractivity contribution in [1.82, 2.24) is 0 Å². The predicted octanol–water partition coefficient (Wildman–Crippen LogP) is 4.51. The van der Waals surface area contributed by atoms with Crippen LogP contribution in [-0.4, -0.2) is 61.5 Å². The zero-order valence-electron chi connectivity index (χ0n) is 23.1. The van der Waals surface area contributed by atoms with Crippen molar-refractivity contribution in [2.45, 2.75) is 69.8 Å². The number of allylic oxidation sites excluding steroid dienone is 5. The molecular formula is C31H38O8S. The van der Waals surface area contributed by atoms with E-state index in [2.05, 4.69) is 0 Å². The van der Waals surface area contributed by atoms with Gasteiger partial charge in [-0.1, -0.05) is 62.0 Å². The van der Waals surface area contributed by atoms with Crippen molar-refractivity contribution in [3.05, 3.63) is 59.4 Å². The fourth-order valence-corrected chi connectivity index (χ4v) is 8.12. The fraction of sp³-hybridized carbons (Fsp3) is 0.548. The molecule has 8 atom stereocenters. The van der Waals surface area contributed by atoms with Gasteiger partial charge in [-0.25, -0.2) is 9.59 Å². The minimum atomic E-state index is -1.56. The molecule has 0 saturated carbocycles. The summed E-state index contributed by atoms with van der Waals surface area (Å²) in [5.74, 6) is -6.37. The Hall–Kier alpha value is -2.91. The lowest BCUT2D eigenvalue weighted by molar-refractivity contribution is -0.154. The summed E-state index contributed by atoms with van der Waals surface area (Å²) in [6.07, 6.45) is 14.8. The van der Waals surface area contributed by atoms with E-state index in [0.717, 1.165) is 17.3 Å². The van der Waals surface area contributed by atoms with Gasteiger partial charge in [-0.15, -0.1) is 11.8 Å². The lowest BCUT2D eigenvalue weighted by Gasteiger charge is -2.40. The lowest BCUT2D eigenvalue weighted by Crippen LogP contribution is -2.44. The molecule has 0 radical (unpaired) electrons. The van der Waals surface area contributed by atoms with Crippen LogP contribution in [-0.2, 0) is 23.9 Å². The molecule has 2 bridgehead atoms. The van der Waals surface area contributed by atoms with Crippen LogP contribution in [0.5, 0.6) is 0 Å². The summed E-state index contributed by atoms with van der Waals surface area (Å²) in [7, 11) is 0. The summed E-state index contributed by atoms with van der Waals surface area (Å²) in [6.45, 7) is 5.83. The second-order valence-corrected chi connectivity index (χ2v) is 12.7. The third-order valence-electron chi connectivity index (χ3n) is 8.81. The van der Waals surface area contributed by atoms with Crippen LogP contribution in [0.4, 0.5) is 0 Å². The van der Waals surface area contributed by atoms with Gasteiger partial charge in [0.15, 0.2) is 17.1 Å². The van der Waals surface area contributed by atoms with Gasteiger partial charge in [0.25, 0.3) is 5.78 Å². The highest BCUT2D eigenvalue weighted by Crippen LogP contribution is 2.51. The molecule has 0 unspecified atom stereocenters. The molecule has 4 rings (SSSR count). The molecule has 0 amide bonds. The molecule has 8 nitrogen and oxygen atoms in total. The number of Topliss-reactive ketones (excluding diaryl/α,β-unsaturated/α-hetero) is 2. The first-order valence-electron chi connectivity index (χ1n) is 13.9. The zero-order valence-corrected chi connectivity index (χ0v) is 23.9. The average Bonchev–Trinajstić information content (AvgIpc) is 3.44. The molecule has 2 aliphatic heterocycles. The van der Waals surface area contributed by atoms with Crippen molar-refractivity contribution in [1.29, 1.82) is 0 Å². The minimum Gasteiger partial charge on any atom is -0.507 e. The number of carbonyl (C=O) groups is 4. The van der Waals surface area contributed by atoms with Gasteiger partial charge >= 0.3 is 11.9 Å². The molecule has 3 N–H and O–H groups in total. The van der Waals surface area contributed by atoms with E-state index in [-0.39, 0.29) is 28.9 Å². The summed E-state index contributed by atoms with van der Waals surface area (Å²) >= 11 is 1.11. The predicted molar refractivity (Wildman–Crippen MR) is 151 cm³/mol. The molecule has 0 aromatic heterocycles. The number of hydrogen-bond acceptors (Lipinski definition) is 8. The summed E-state index contributed by atoms with van der Waals surface area (Å²) < 4.78 is 5.91. The van der Waals surface area contributed by atoms with Gasteiger partial charge in [-0.2, -0.15) is 0 Å². The molecule has 0 aromatic carbocycles. The number of carboxylic acids is 1. The Morgan fingerprint density at radius 2 is 1.68 bits per heavy atom. The van der Waals surface area contributed by atoms with E-state index in [1.54, 1.807) is 0 Å². The molecule has 1 fully saturated rings. The Morgan fingerprint density at radius 3 is 2.38 bits per heavy atom. The number of ether oxygens (including phenoxy) is 1. The highest BCUT2D eigenvalue weighted by Gasteiger charge is 2.58. The maximum Gasteiger partial charge on any atom is 0.373 e. The number of aliphatic hydroxyl groups excluding tert-OH is 2. The second-order valence-electron chi connectivity index (χ2n) is 11.5. The third kappa shape index (κ3) is 5.77. The van der Waals surface area contributed by atoms with Crippen LogP contribution in [0.2, 0.25) is 0 Å².